The highest BCUT2D eigenvalue weighted by atomic mass is 16.5. The molecule has 0 spiro atoms. The zero-order valence-corrected chi connectivity index (χ0v) is 34.5. The summed E-state index contributed by atoms with van der Waals surface area (Å²) in [7, 11) is 1.42. The van der Waals surface area contributed by atoms with E-state index in [2.05, 4.69) is 124 Å². The minimum atomic E-state index is -0.350. The molecule has 1 aliphatic heterocycles. The summed E-state index contributed by atoms with van der Waals surface area (Å²) in [5.74, 6) is 0.445. The number of unbranched alkanes of at least 4 members (excludes halogenated alkanes) is 7. The number of nitrogens with zero attached hydrogens (tertiary/aromatic N) is 2. The van der Waals surface area contributed by atoms with E-state index in [1.807, 2.05) is 24.3 Å². The van der Waals surface area contributed by atoms with Gasteiger partial charge in [0.1, 0.15) is 24.4 Å². The van der Waals surface area contributed by atoms with Crippen LogP contribution in [-0.2, 0) is 11.2 Å². The van der Waals surface area contributed by atoms with Gasteiger partial charge in [-0.1, -0.05) is 112 Å². The number of anilines is 1. The lowest BCUT2D eigenvalue weighted by Crippen LogP contribution is -2.29. The number of rotatable bonds is 16. The number of hydrogen-bond donors (Lipinski definition) is 0. The summed E-state index contributed by atoms with van der Waals surface area (Å²) in [4.78, 5) is 15.0. The second kappa shape index (κ2) is 20.7. The second-order valence-electron chi connectivity index (χ2n) is 14.6. The molecule has 0 aromatic heterocycles. The number of carbonyl (C=O) groups excluding carboxylic acids is 1. The third kappa shape index (κ3) is 10.4. The van der Waals surface area contributed by atoms with Gasteiger partial charge < -0.3 is 14.1 Å². The summed E-state index contributed by atoms with van der Waals surface area (Å²) in [6.45, 7) is 16.7. The van der Waals surface area contributed by atoms with Crippen molar-refractivity contribution in [2.45, 2.75) is 99.3 Å². The molecule has 0 saturated heterocycles. The SMILES string of the molecule is CCCCCCCCCCc1ccc2cc(C)ccc2c1.CCN(CC)c1ccc2c(-c3ccccc3C(=O)OC)c3ccc(=[N+](CC)CC)cc-3oc2c1. The van der Waals surface area contributed by atoms with Gasteiger partial charge in [0.15, 0.2) is 0 Å². The molecule has 2 aliphatic rings. The van der Waals surface area contributed by atoms with Gasteiger partial charge in [0.05, 0.1) is 18.7 Å². The number of aryl methyl sites for hydroxylation is 2. The summed E-state index contributed by atoms with van der Waals surface area (Å²) in [6, 6.07) is 34.0. The highest BCUT2D eigenvalue weighted by Gasteiger charge is 2.23. The summed E-state index contributed by atoms with van der Waals surface area (Å²) in [6.07, 6.45) is 12.4. The van der Waals surface area contributed by atoms with Crippen molar-refractivity contribution in [1.82, 2.24) is 4.58 Å². The van der Waals surface area contributed by atoms with Crippen LogP contribution in [-0.4, -0.2) is 39.3 Å². The predicted octanol–water partition coefficient (Wildman–Crippen LogP) is 12.5. The first-order chi connectivity index (χ1) is 26.8. The van der Waals surface area contributed by atoms with Gasteiger partial charge in [0, 0.05) is 47.4 Å². The summed E-state index contributed by atoms with van der Waals surface area (Å²) >= 11 is 0. The molecular weight excluding hydrogens is 677 g/mol. The molecule has 0 radical (unpaired) electrons. The lowest BCUT2D eigenvalue weighted by Gasteiger charge is -2.22. The summed E-state index contributed by atoms with van der Waals surface area (Å²) < 4.78 is 13.9. The lowest BCUT2D eigenvalue weighted by molar-refractivity contribution is 0.0601. The lowest BCUT2D eigenvalue weighted by atomic mass is 9.90. The normalized spacial score (nSPS) is 11.1. The zero-order chi connectivity index (χ0) is 39.2. The van der Waals surface area contributed by atoms with Gasteiger partial charge in [-0.05, 0) is 93.6 Å². The molecule has 0 amide bonds. The fourth-order valence-electron chi connectivity index (χ4n) is 7.75. The Morgan fingerprint density at radius 2 is 1.38 bits per heavy atom. The Hall–Kier alpha value is -4.90. The molecular formula is C50H63N2O3+. The van der Waals surface area contributed by atoms with Crippen molar-refractivity contribution in [3.8, 4) is 22.5 Å². The summed E-state index contributed by atoms with van der Waals surface area (Å²) in [5, 5.41) is 4.84. The van der Waals surface area contributed by atoms with E-state index in [0.717, 1.165) is 70.6 Å². The topological polar surface area (TPSA) is 45.7 Å². The van der Waals surface area contributed by atoms with E-state index in [-0.39, 0.29) is 5.97 Å². The number of esters is 1. The van der Waals surface area contributed by atoms with Crippen LogP contribution in [0.2, 0.25) is 0 Å². The largest absolute Gasteiger partial charge is 0.465 e. The van der Waals surface area contributed by atoms with Crippen LogP contribution in [0.25, 0.3) is 44.2 Å². The first kappa shape index (κ1) is 41.3. The van der Waals surface area contributed by atoms with E-state index in [4.69, 9.17) is 9.15 Å². The van der Waals surface area contributed by atoms with Gasteiger partial charge in [0.2, 0.25) is 5.36 Å². The fraction of sp³-hybridized carbons (Fsp3) is 0.400. The minimum Gasteiger partial charge on any atom is -0.465 e. The molecule has 0 unspecified atom stereocenters. The Balaban J connectivity index is 0.000000237. The van der Waals surface area contributed by atoms with Crippen molar-refractivity contribution in [1.29, 1.82) is 0 Å². The van der Waals surface area contributed by atoms with Crippen molar-refractivity contribution in [3.63, 3.8) is 0 Å². The molecule has 0 bridgehead atoms. The Bertz CT molecular complexity index is 2190. The van der Waals surface area contributed by atoms with Crippen LogP contribution in [0.5, 0.6) is 0 Å². The van der Waals surface area contributed by atoms with Crippen LogP contribution in [0.15, 0.2) is 101 Å². The van der Waals surface area contributed by atoms with Gasteiger partial charge in [-0.3, -0.25) is 0 Å². The third-order valence-electron chi connectivity index (χ3n) is 10.9. The molecule has 0 N–H and O–H groups in total. The molecule has 4 aromatic carbocycles. The zero-order valence-electron chi connectivity index (χ0n) is 34.5. The minimum absolute atomic E-state index is 0.350. The van der Waals surface area contributed by atoms with Crippen LogP contribution in [0.3, 0.4) is 0 Å². The highest BCUT2D eigenvalue weighted by Crippen LogP contribution is 2.42. The predicted molar refractivity (Wildman–Crippen MR) is 235 cm³/mol. The van der Waals surface area contributed by atoms with Gasteiger partial charge in [-0.25, -0.2) is 9.37 Å². The smallest absolute Gasteiger partial charge is 0.338 e. The quantitative estimate of drug-likeness (QED) is 0.0429. The molecule has 4 aromatic rings. The molecule has 5 heteroatoms. The van der Waals surface area contributed by atoms with E-state index in [9.17, 15) is 4.79 Å². The average Bonchev–Trinajstić information content (AvgIpc) is 3.21. The fourth-order valence-corrected chi connectivity index (χ4v) is 7.75. The van der Waals surface area contributed by atoms with Crippen molar-refractivity contribution in [3.05, 3.63) is 119 Å². The number of hydrogen-bond acceptors (Lipinski definition) is 4. The molecule has 0 atom stereocenters. The first-order valence-electron chi connectivity index (χ1n) is 20.9. The molecule has 290 valence electrons. The summed E-state index contributed by atoms with van der Waals surface area (Å²) in [5.41, 5.74) is 8.09. The van der Waals surface area contributed by atoms with Crippen molar-refractivity contribution >= 4 is 33.4 Å². The van der Waals surface area contributed by atoms with E-state index >= 15 is 0 Å². The van der Waals surface area contributed by atoms with E-state index in [0.29, 0.717) is 5.56 Å². The Morgan fingerprint density at radius 3 is 2.09 bits per heavy atom. The van der Waals surface area contributed by atoms with Gasteiger partial charge in [-0.2, -0.15) is 0 Å². The monoisotopic (exact) mass is 739 g/mol. The standard InChI is InChI=1S/C29H33N2O3.C21H30/c1-6-30(7-2)20-14-16-24-26(18-20)34-27-19-21(31(8-3)9-4)15-17-25(27)28(24)22-12-10-11-13-23(22)29(32)33-5;1-3-4-5-6-7-8-9-10-11-19-13-15-20-16-18(2)12-14-21(20)17-19/h10-19H,6-9H2,1-5H3;12-17H,3-11H2,1-2H3/q+1;. The van der Waals surface area contributed by atoms with Crippen LogP contribution in [0, 0.1) is 6.92 Å². The number of methoxy groups -OCH3 is 1. The number of ether oxygens (including phenoxy) is 1. The van der Waals surface area contributed by atoms with Crippen molar-refractivity contribution in [2.75, 3.05) is 38.2 Å². The van der Waals surface area contributed by atoms with Gasteiger partial charge in [0.25, 0.3) is 0 Å². The van der Waals surface area contributed by atoms with Crippen molar-refractivity contribution < 1.29 is 13.9 Å². The van der Waals surface area contributed by atoms with Crippen LogP contribution < -0.4 is 14.8 Å². The molecule has 5 nitrogen and oxygen atoms in total. The number of carbonyl (C=O) groups is 1. The molecule has 0 fully saturated rings. The Morgan fingerprint density at radius 1 is 0.691 bits per heavy atom. The maximum atomic E-state index is 12.7. The van der Waals surface area contributed by atoms with Gasteiger partial charge >= 0.3 is 5.97 Å². The maximum absolute atomic E-state index is 12.7. The number of benzene rings is 5. The van der Waals surface area contributed by atoms with E-state index < -0.39 is 0 Å². The molecule has 1 aliphatic carbocycles. The second-order valence-corrected chi connectivity index (χ2v) is 14.6. The average molecular weight is 740 g/mol. The van der Waals surface area contributed by atoms with Crippen LogP contribution in [0.1, 0.15) is 107 Å². The first-order valence-corrected chi connectivity index (χ1v) is 20.9. The van der Waals surface area contributed by atoms with Crippen LogP contribution >= 0.6 is 0 Å². The Labute approximate surface area is 330 Å². The maximum Gasteiger partial charge on any atom is 0.338 e. The van der Waals surface area contributed by atoms with Crippen molar-refractivity contribution in [2.24, 2.45) is 0 Å². The van der Waals surface area contributed by atoms with E-state index in [1.54, 1.807) is 0 Å². The van der Waals surface area contributed by atoms with E-state index in [1.165, 1.54) is 86.8 Å². The molecule has 1 heterocycles. The molecule has 55 heavy (non-hydrogen) atoms. The van der Waals surface area contributed by atoms with Crippen LogP contribution in [0.4, 0.5) is 5.69 Å². The molecule has 6 rings (SSSR count). The highest BCUT2D eigenvalue weighted by molar-refractivity contribution is 6.08. The molecule has 0 saturated carbocycles. The number of fused-ring (bicyclic) bond motifs is 3. The third-order valence-corrected chi connectivity index (χ3v) is 10.9. The van der Waals surface area contributed by atoms with Gasteiger partial charge in [-0.15, -0.1) is 0 Å². The Kier molecular flexibility index (Phi) is 15.5.